The van der Waals surface area contributed by atoms with E-state index in [9.17, 15) is 24.9 Å². The van der Waals surface area contributed by atoms with Crippen LogP contribution in [0.2, 0.25) is 0 Å². The Morgan fingerprint density at radius 1 is 1.06 bits per heavy atom. The van der Waals surface area contributed by atoms with Gasteiger partial charge in [0.15, 0.2) is 17.2 Å². The van der Waals surface area contributed by atoms with Crippen molar-refractivity contribution in [1.29, 1.82) is 0 Å². The van der Waals surface area contributed by atoms with E-state index in [0.29, 0.717) is 45.4 Å². The predicted octanol–water partition coefficient (Wildman–Crippen LogP) is 2.69. The van der Waals surface area contributed by atoms with Crippen LogP contribution in [0.1, 0.15) is 41.6 Å². The van der Waals surface area contributed by atoms with Gasteiger partial charge in [0.05, 0.1) is 6.61 Å². The predicted molar refractivity (Wildman–Crippen MR) is 114 cm³/mol. The first-order chi connectivity index (χ1) is 14.8. The summed E-state index contributed by atoms with van der Waals surface area (Å²) in [5.41, 5.74) is 1.27. The van der Waals surface area contributed by atoms with Crippen molar-refractivity contribution >= 4 is 11.8 Å². The lowest BCUT2D eigenvalue weighted by Crippen LogP contribution is -2.46. The Hall–Kier alpha value is -3.42. The molecular formula is C23H28N2O6. The molecule has 0 spiro atoms. The number of benzene rings is 2. The SMILES string of the molecule is Cc1ccc(OCCCC(=O)NC2CCN(C(=O)c3cc(O)c(O)c(O)c3)CC2)cc1. The van der Waals surface area contributed by atoms with E-state index in [-0.39, 0.29) is 23.4 Å². The first kappa shape index (κ1) is 22.3. The number of ether oxygens (including phenoxy) is 1. The highest BCUT2D eigenvalue weighted by atomic mass is 16.5. The quantitative estimate of drug-likeness (QED) is 0.398. The fourth-order valence-electron chi connectivity index (χ4n) is 3.49. The normalized spacial score (nSPS) is 14.3. The van der Waals surface area contributed by atoms with Crippen molar-refractivity contribution in [2.45, 2.75) is 38.6 Å². The highest BCUT2D eigenvalue weighted by Crippen LogP contribution is 2.35. The summed E-state index contributed by atoms with van der Waals surface area (Å²) in [4.78, 5) is 26.4. The van der Waals surface area contributed by atoms with Gasteiger partial charge < -0.3 is 30.3 Å². The molecule has 2 aromatic carbocycles. The fraction of sp³-hybridized carbons (Fsp3) is 0.391. The number of hydrogen-bond donors (Lipinski definition) is 4. The van der Waals surface area contributed by atoms with Crippen LogP contribution in [0.3, 0.4) is 0 Å². The second-order valence-corrected chi connectivity index (χ2v) is 7.76. The molecule has 2 aromatic rings. The van der Waals surface area contributed by atoms with Gasteiger partial charge in [-0.05, 0) is 50.5 Å². The second kappa shape index (κ2) is 10.1. The molecule has 0 saturated carbocycles. The summed E-state index contributed by atoms with van der Waals surface area (Å²) in [6, 6.07) is 10.0. The molecule has 4 N–H and O–H groups in total. The molecule has 0 radical (unpaired) electrons. The maximum atomic E-state index is 12.6. The lowest BCUT2D eigenvalue weighted by atomic mass is 10.0. The number of phenols is 3. The van der Waals surface area contributed by atoms with Gasteiger partial charge in [-0.15, -0.1) is 0 Å². The number of piperidine rings is 1. The molecule has 166 valence electrons. The van der Waals surface area contributed by atoms with Gasteiger partial charge in [-0.25, -0.2) is 0 Å². The molecule has 8 nitrogen and oxygen atoms in total. The molecular weight excluding hydrogens is 400 g/mol. The van der Waals surface area contributed by atoms with E-state index in [4.69, 9.17) is 4.74 Å². The zero-order valence-corrected chi connectivity index (χ0v) is 17.5. The van der Waals surface area contributed by atoms with E-state index in [2.05, 4.69) is 5.32 Å². The van der Waals surface area contributed by atoms with Gasteiger partial charge in [0.2, 0.25) is 5.91 Å². The minimum atomic E-state index is -0.651. The minimum absolute atomic E-state index is 0.00353. The van der Waals surface area contributed by atoms with E-state index in [0.717, 1.165) is 17.9 Å². The molecule has 1 heterocycles. The van der Waals surface area contributed by atoms with Gasteiger partial charge in [0.25, 0.3) is 5.91 Å². The van der Waals surface area contributed by atoms with Gasteiger partial charge in [-0.1, -0.05) is 17.7 Å². The molecule has 31 heavy (non-hydrogen) atoms. The molecule has 2 amide bonds. The first-order valence-corrected chi connectivity index (χ1v) is 10.4. The molecule has 0 bridgehead atoms. The monoisotopic (exact) mass is 428 g/mol. The topological polar surface area (TPSA) is 119 Å². The van der Waals surface area contributed by atoms with Crippen LogP contribution in [0.5, 0.6) is 23.0 Å². The molecule has 0 unspecified atom stereocenters. The maximum absolute atomic E-state index is 12.6. The smallest absolute Gasteiger partial charge is 0.254 e. The van der Waals surface area contributed by atoms with Crippen LogP contribution >= 0.6 is 0 Å². The van der Waals surface area contributed by atoms with Crippen molar-refractivity contribution in [2.24, 2.45) is 0 Å². The number of likely N-dealkylation sites (tertiary alicyclic amines) is 1. The average molecular weight is 428 g/mol. The number of aryl methyl sites for hydroxylation is 1. The number of nitrogens with zero attached hydrogens (tertiary/aromatic N) is 1. The van der Waals surface area contributed by atoms with Crippen molar-refractivity contribution in [2.75, 3.05) is 19.7 Å². The summed E-state index contributed by atoms with van der Waals surface area (Å²) < 4.78 is 5.63. The lowest BCUT2D eigenvalue weighted by Gasteiger charge is -2.32. The molecule has 1 fully saturated rings. The van der Waals surface area contributed by atoms with Gasteiger partial charge in [0, 0.05) is 31.1 Å². The van der Waals surface area contributed by atoms with E-state index < -0.39 is 17.2 Å². The van der Waals surface area contributed by atoms with Crippen LogP contribution in [-0.4, -0.2) is 57.8 Å². The third-order valence-electron chi connectivity index (χ3n) is 5.30. The first-order valence-electron chi connectivity index (χ1n) is 10.4. The number of phenolic OH excluding ortho intramolecular Hbond substituents is 3. The zero-order valence-electron chi connectivity index (χ0n) is 17.5. The number of carbonyl (C=O) groups is 2. The molecule has 8 heteroatoms. The Balaban J connectivity index is 1.38. The standard InChI is InChI=1S/C23H28N2O6/c1-15-4-6-18(7-5-15)31-12-2-3-21(28)24-17-8-10-25(11-9-17)23(30)16-13-19(26)22(29)20(27)14-16/h4-7,13-14,17,26-27,29H,2-3,8-12H2,1H3,(H,24,28). The number of hydrogen-bond acceptors (Lipinski definition) is 6. The second-order valence-electron chi connectivity index (χ2n) is 7.76. The highest BCUT2D eigenvalue weighted by Gasteiger charge is 2.25. The van der Waals surface area contributed by atoms with Gasteiger partial charge >= 0.3 is 0 Å². The lowest BCUT2D eigenvalue weighted by molar-refractivity contribution is -0.122. The summed E-state index contributed by atoms with van der Waals surface area (Å²) in [5.74, 6) is -1.33. The van der Waals surface area contributed by atoms with Crippen molar-refractivity contribution in [3.8, 4) is 23.0 Å². The molecule has 3 rings (SSSR count). The van der Waals surface area contributed by atoms with Gasteiger partial charge in [-0.3, -0.25) is 9.59 Å². The fourth-order valence-corrected chi connectivity index (χ4v) is 3.49. The van der Waals surface area contributed by atoms with Crippen molar-refractivity contribution in [1.82, 2.24) is 10.2 Å². The molecule has 1 saturated heterocycles. The molecule has 1 aliphatic rings. The van der Waals surface area contributed by atoms with Crippen LogP contribution in [0.25, 0.3) is 0 Å². The van der Waals surface area contributed by atoms with Crippen LogP contribution in [0, 0.1) is 6.92 Å². The van der Waals surface area contributed by atoms with Gasteiger partial charge in [0.1, 0.15) is 5.75 Å². The Labute approximate surface area is 181 Å². The Kier molecular flexibility index (Phi) is 7.23. The summed E-state index contributed by atoms with van der Waals surface area (Å²) in [7, 11) is 0. The highest BCUT2D eigenvalue weighted by molar-refractivity contribution is 5.95. The molecule has 0 aromatic heterocycles. The van der Waals surface area contributed by atoms with Crippen LogP contribution in [-0.2, 0) is 4.79 Å². The van der Waals surface area contributed by atoms with Crippen molar-refractivity contribution in [3.05, 3.63) is 47.5 Å². The number of amides is 2. The van der Waals surface area contributed by atoms with Crippen molar-refractivity contribution < 1.29 is 29.6 Å². The molecule has 1 aliphatic heterocycles. The Bertz CT molecular complexity index is 897. The third-order valence-corrected chi connectivity index (χ3v) is 5.30. The average Bonchev–Trinajstić information content (AvgIpc) is 2.76. The molecule has 0 aliphatic carbocycles. The minimum Gasteiger partial charge on any atom is -0.504 e. The Morgan fingerprint density at radius 2 is 1.68 bits per heavy atom. The zero-order chi connectivity index (χ0) is 22.4. The molecule has 0 atom stereocenters. The van der Waals surface area contributed by atoms with Crippen LogP contribution < -0.4 is 10.1 Å². The van der Waals surface area contributed by atoms with Crippen LogP contribution in [0.15, 0.2) is 36.4 Å². The van der Waals surface area contributed by atoms with Crippen molar-refractivity contribution in [3.63, 3.8) is 0 Å². The number of nitrogens with one attached hydrogen (secondary N) is 1. The van der Waals surface area contributed by atoms with E-state index in [1.54, 1.807) is 4.90 Å². The summed E-state index contributed by atoms with van der Waals surface area (Å²) >= 11 is 0. The third kappa shape index (κ3) is 6.04. The summed E-state index contributed by atoms with van der Waals surface area (Å²) in [6.07, 6.45) is 2.22. The number of rotatable bonds is 7. The summed E-state index contributed by atoms with van der Waals surface area (Å²) in [6.45, 7) is 3.37. The van der Waals surface area contributed by atoms with Gasteiger partial charge in [-0.2, -0.15) is 0 Å². The largest absolute Gasteiger partial charge is 0.504 e. The maximum Gasteiger partial charge on any atom is 0.254 e. The summed E-state index contributed by atoms with van der Waals surface area (Å²) in [5, 5.41) is 31.6. The van der Waals surface area contributed by atoms with E-state index in [1.165, 1.54) is 5.56 Å². The number of aromatic hydroxyl groups is 3. The van der Waals surface area contributed by atoms with E-state index >= 15 is 0 Å². The van der Waals surface area contributed by atoms with E-state index in [1.807, 2.05) is 31.2 Å². The Morgan fingerprint density at radius 3 is 2.29 bits per heavy atom. The number of carbonyl (C=O) groups excluding carboxylic acids is 2. The van der Waals surface area contributed by atoms with Crippen LogP contribution in [0.4, 0.5) is 0 Å².